The van der Waals surface area contributed by atoms with Gasteiger partial charge in [-0.2, -0.15) is 0 Å². The van der Waals surface area contributed by atoms with E-state index in [9.17, 15) is 14.4 Å². The van der Waals surface area contributed by atoms with E-state index in [2.05, 4.69) is 9.97 Å². The van der Waals surface area contributed by atoms with Gasteiger partial charge >= 0.3 is 0 Å². The topological polar surface area (TPSA) is 83.5 Å². The van der Waals surface area contributed by atoms with E-state index in [1.807, 2.05) is 49.4 Å². The predicted octanol–water partition coefficient (Wildman–Crippen LogP) is 4.92. The molecule has 0 fully saturated rings. The van der Waals surface area contributed by atoms with E-state index >= 15 is 0 Å². The molecule has 0 bridgehead atoms. The van der Waals surface area contributed by atoms with Crippen LogP contribution in [-0.2, 0) is 11.3 Å². The smallest absolute Gasteiger partial charge is 0.253 e. The van der Waals surface area contributed by atoms with Crippen molar-refractivity contribution < 1.29 is 14.4 Å². The van der Waals surface area contributed by atoms with Crippen LogP contribution in [0.15, 0.2) is 85.2 Å². The van der Waals surface area contributed by atoms with E-state index in [1.54, 1.807) is 47.2 Å². The van der Waals surface area contributed by atoms with Gasteiger partial charge in [0.05, 0.1) is 13.0 Å². The van der Waals surface area contributed by atoms with Gasteiger partial charge in [0.25, 0.3) is 5.91 Å². The van der Waals surface area contributed by atoms with Crippen molar-refractivity contribution in [3.05, 3.63) is 102 Å². The van der Waals surface area contributed by atoms with Crippen molar-refractivity contribution in [1.29, 1.82) is 0 Å². The molecule has 36 heavy (non-hydrogen) atoms. The third-order valence-corrected chi connectivity index (χ3v) is 5.91. The van der Waals surface area contributed by atoms with Crippen LogP contribution in [0.2, 0.25) is 0 Å². The molecule has 0 saturated carbocycles. The van der Waals surface area contributed by atoms with Crippen molar-refractivity contribution in [2.24, 2.45) is 0 Å². The lowest BCUT2D eigenvalue weighted by atomic mass is 10.1. The first kappa shape index (κ1) is 24.7. The van der Waals surface area contributed by atoms with Gasteiger partial charge in [-0.05, 0) is 59.2 Å². The van der Waals surface area contributed by atoms with Crippen molar-refractivity contribution in [3.63, 3.8) is 0 Å². The number of hydrogen-bond donors (Lipinski definition) is 0. The minimum Gasteiger partial charge on any atom is -0.342 e. The van der Waals surface area contributed by atoms with E-state index in [-0.39, 0.29) is 30.6 Å². The summed E-state index contributed by atoms with van der Waals surface area (Å²) in [7, 11) is 1.77. The molecular formula is C29H28N4O3. The summed E-state index contributed by atoms with van der Waals surface area (Å²) < 4.78 is 0. The molecular weight excluding hydrogens is 452 g/mol. The van der Waals surface area contributed by atoms with Crippen molar-refractivity contribution in [3.8, 4) is 0 Å². The standard InChI is InChI=1S/C29H28N4O3/c1-3-17-32(2)29(36)23-11-13-25(14-12-23)33(27(35)19-26(34)28-30-15-6-16-31-28)20-21-9-10-22-7-4-5-8-24(22)18-21/h4-16,18H,3,17,19-20H2,1-2H3. The fourth-order valence-electron chi connectivity index (χ4n) is 4.04. The highest BCUT2D eigenvalue weighted by atomic mass is 16.2. The maximum Gasteiger partial charge on any atom is 0.253 e. The van der Waals surface area contributed by atoms with E-state index in [1.165, 1.54) is 12.4 Å². The summed E-state index contributed by atoms with van der Waals surface area (Å²) in [6.07, 6.45) is 3.46. The molecule has 0 spiro atoms. The van der Waals surface area contributed by atoms with Gasteiger partial charge in [0, 0.05) is 37.2 Å². The number of ketones is 1. The number of nitrogens with zero attached hydrogens (tertiary/aromatic N) is 4. The molecule has 0 unspecified atom stereocenters. The highest BCUT2D eigenvalue weighted by Crippen LogP contribution is 2.23. The van der Waals surface area contributed by atoms with Crippen molar-refractivity contribution in [2.75, 3.05) is 18.5 Å². The van der Waals surface area contributed by atoms with Crippen LogP contribution in [0, 0.1) is 0 Å². The van der Waals surface area contributed by atoms with Gasteiger partial charge in [-0.1, -0.05) is 43.3 Å². The number of Topliss-reactive ketones (excluding diaryl/α,β-unsaturated/α-hetero) is 1. The third-order valence-electron chi connectivity index (χ3n) is 5.91. The number of carbonyl (C=O) groups is 3. The number of rotatable bonds is 9. The SMILES string of the molecule is CCCN(C)C(=O)c1ccc(N(Cc2ccc3ccccc3c2)C(=O)CC(=O)c2ncccn2)cc1. The van der Waals surface area contributed by atoms with Crippen molar-refractivity contribution >= 4 is 34.1 Å². The van der Waals surface area contributed by atoms with E-state index in [4.69, 9.17) is 0 Å². The second kappa shape index (κ2) is 11.4. The molecule has 0 atom stereocenters. The van der Waals surface area contributed by atoms with E-state index in [0.717, 1.165) is 22.8 Å². The first-order valence-electron chi connectivity index (χ1n) is 11.9. The zero-order valence-corrected chi connectivity index (χ0v) is 20.4. The number of amides is 2. The Kier molecular flexibility index (Phi) is 7.80. The van der Waals surface area contributed by atoms with Gasteiger partial charge in [0.2, 0.25) is 11.7 Å². The molecule has 3 aromatic carbocycles. The van der Waals surface area contributed by atoms with E-state index in [0.29, 0.717) is 17.8 Å². The Morgan fingerprint density at radius 2 is 1.53 bits per heavy atom. The van der Waals surface area contributed by atoms with Gasteiger partial charge in [0.15, 0.2) is 5.82 Å². The van der Waals surface area contributed by atoms with Crippen LogP contribution in [0.25, 0.3) is 10.8 Å². The Morgan fingerprint density at radius 1 is 0.833 bits per heavy atom. The molecule has 182 valence electrons. The molecule has 0 radical (unpaired) electrons. The minimum absolute atomic E-state index is 0.0106. The molecule has 7 heteroatoms. The summed E-state index contributed by atoms with van der Waals surface area (Å²) in [5, 5.41) is 2.17. The van der Waals surface area contributed by atoms with Crippen LogP contribution < -0.4 is 4.90 Å². The van der Waals surface area contributed by atoms with Crippen molar-refractivity contribution in [1.82, 2.24) is 14.9 Å². The van der Waals surface area contributed by atoms with Crippen molar-refractivity contribution in [2.45, 2.75) is 26.3 Å². The Balaban J connectivity index is 1.62. The maximum atomic E-state index is 13.4. The van der Waals surface area contributed by atoms with Gasteiger partial charge in [-0.3, -0.25) is 14.4 Å². The summed E-state index contributed by atoms with van der Waals surface area (Å²) >= 11 is 0. The Hall–Kier alpha value is -4.39. The number of aromatic nitrogens is 2. The van der Waals surface area contributed by atoms with Crippen LogP contribution in [0.1, 0.15) is 46.3 Å². The zero-order chi connectivity index (χ0) is 25.5. The number of carbonyl (C=O) groups excluding carboxylic acids is 3. The average molecular weight is 481 g/mol. The molecule has 0 N–H and O–H groups in total. The highest BCUT2D eigenvalue weighted by Gasteiger charge is 2.22. The summed E-state index contributed by atoms with van der Waals surface area (Å²) in [6, 6.07) is 22.6. The van der Waals surface area contributed by atoms with Crippen LogP contribution in [0.4, 0.5) is 5.69 Å². The molecule has 2 amide bonds. The quantitative estimate of drug-likeness (QED) is 0.251. The second-order valence-electron chi connectivity index (χ2n) is 8.61. The van der Waals surface area contributed by atoms with Crippen LogP contribution in [0.5, 0.6) is 0 Å². The van der Waals surface area contributed by atoms with Crippen LogP contribution in [-0.4, -0.2) is 46.1 Å². The summed E-state index contributed by atoms with van der Waals surface area (Å²) in [4.78, 5) is 49.9. The highest BCUT2D eigenvalue weighted by molar-refractivity contribution is 6.10. The molecule has 7 nitrogen and oxygen atoms in total. The predicted molar refractivity (Wildman–Crippen MR) is 140 cm³/mol. The maximum absolute atomic E-state index is 13.4. The summed E-state index contributed by atoms with van der Waals surface area (Å²) in [5.41, 5.74) is 2.07. The van der Waals surface area contributed by atoms with Gasteiger partial charge in [0.1, 0.15) is 0 Å². The van der Waals surface area contributed by atoms with Crippen LogP contribution in [0.3, 0.4) is 0 Å². The summed E-state index contributed by atoms with van der Waals surface area (Å²) in [6.45, 7) is 2.96. The second-order valence-corrected chi connectivity index (χ2v) is 8.61. The fourth-order valence-corrected chi connectivity index (χ4v) is 4.04. The Labute approximate surface area is 210 Å². The Bertz CT molecular complexity index is 1370. The fraction of sp³-hybridized carbons (Fsp3) is 0.207. The summed E-state index contributed by atoms with van der Waals surface area (Å²) in [5.74, 6) is -0.886. The zero-order valence-electron chi connectivity index (χ0n) is 20.4. The Morgan fingerprint density at radius 3 is 2.22 bits per heavy atom. The van der Waals surface area contributed by atoms with Gasteiger partial charge in [-0.15, -0.1) is 0 Å². The molecule has 1 aromatic heterocycles. The van der Waals surface area contributed by atoms with Gasteiger partial charge in [-0.25, -0.2) is 9.97 Å². The lowest BCUT2D eigenvalue weighted by Crippen LogP contribution is -2.32. The largest absolute Gasteiger partial charge is 0.342 e. The number of anilines is 1. The molecule has 0 aliphatic heterocycles. The van der Waals surface area contributed by atoms with Crippen LogP contribution >= 0.6 is 0 Å². The normalized spacial score (nSPS) is 10.7. The molecule has 0 saturated heterocycles. The third kappa shape index (κ3) is 5.81. The molecule has 0 aliphatic carbocycles. The number of hydrogen-bond acceptors (Lipinski definition) is 5. The number of fused-ring (bicyclic) bond motifs is 1. The molecule has 4 rings (SSSR count). The average Bonchev–Trinajstić information content (AvgIpc) is 2.92. The first-order chi connectivity index (χ1) is 17.5. The van der Waals surface area contributed by atoms with E-state index < -0.39 is 5.78 Å². The monoisotopic (exact) mass is 480 g/mol. The molecule has 4 aromatic rings. The number of benzene rings is 3. The lowest BCUT2D eigenvalue weighted by Gasteiger charge is -2.24. The van der Waals surface area contributed by atoms with Gasteiger partial charge < -0.3 is 9.80 Å². The first-order valence-corrected chi connectivity index (χ1v) is 11.9. The molecule has 1 heterocycles. The lowest BCUT2D eigenvalue weighted by molar-refractivity contribution is -0.117. The minimum atomic E-state index is -0.447. The molecule has 0 aliphatic rings.